The van der Waals surface area contributed by atoms with E-state index >= 15 is 0 Å². The fourth-order valence-corrected chi connectivity index (χ4v) is 4.91. The first-order valence-electron chi connectivity index (χ1n) is 10.1. The standard InChI is InChI=1S/C23H22N4O2S/c1-15-9-10-18-20(12-15)30-23(25-18)26-22(28)17-6-2-3-7-19(17)29-14-16-13-27-11-5-4-8-21(27)24-16/h2-8,11,13,15H,9-10,12,14H2,1H3,(H,25,26,28)/t15-/m0/s1. The SMILES string of the molecule is C[C@H]1CCc2nc(NC(=O)c3ccccc3OCc3cn4ccccc4n3)sc2C1. The number of ether oxygens (including phenoxy) is 1. The Morgan fingerprint density at radius 2 is 2.10 bits per heavy atom. The van der Waals surface area contributed by atoms with Crippen molar-refractivity contribution in [2.75, 3.05) is 5.32 Å². The molecule has 7 heteroatoms. The summed E-state index contributed by atoms with van der Waals surface area (Å²) in [6, 6.07) is 13.1. The molecular weight excluding hydrogens is 396 g/mol. The number of pyridine rings is 1. The Labute approximate surface area is 178 Å². The molecule has 152 valence electrons. The third kappa shape index (κ3) is 3.80. The number of aryl methyl sites for hydroxylation is 1. The summed E-state index contributed by atoms with van der Waals surface area (Å²) >= 11 is 1.58. The molecule has 6 nitrogen and oxygen atoms in total. The van der Waals surface area contributed by atoms with E-state index in [1.54, 1.807) is 23.5 Å². The zero-order valence-corrected chi connectivity index (χ0v) is 17.5. The number of anilines is 1. The van der Waals surface area contributed by atoms with Crippen molar-refractivity contribution in [3.63, 3.8) is 0 Å². The van der Waals surface area contributed by atoms with E-state index in [4.69, 9.17) is 4.74 Å². The van der Waals surface area contributed by atoms with Gasteiger partial charge in [-0.1, -0.05) is 25.1 Å². The van der Waals surface area contributed by atoms with E-state index in [9.17, 15) is 4.79 Å². The van der Waals surface area contributed by atoms with Crippen molar-refractivity contribution in [3.05, 3.63) is 76.7 Å². The number of aromatic nitrogens is 3. The zero-order chi connectivity index (χ0) is 20.5. The average Bonchev–Trinajstić information content (AvgIpc) is 3.35. The van der Waals surface area contributed by atoms with Gasteiger partial charge in [0.15, 0.2) is 5.13 Å². The molecule has 30 heavy (non-hydrogen) atoms. The maximum absolute atomic E-state index is 12.9. The first kappa shape index (κ1) is 18.8. The Kier molecular flexibility index (Phi) is 4.96. The van der Waals surface area contributed by atoms with Gasteiger partial charge in [0, 0.05) is 17.3 Å². The highest BCUT2D eigenvalue weighted by molar-refractivity contribution is 7.15. The number of thiazole rings is 1. The summed E-state index contributed by atoms with van der Waals surface area (Å²) in [5.74, 6) is 0.997. The number of amides is 1. The average molecular weight is 419 g/mol. The number of hydrogen-bond acceptors (Lipinski definition) is 5. The number of benzene rings is 1. The number of nitrogens with zero attached hydrogens (tertiary/aromatic N) is 3. The quantitative estimate of drug-likeness (QED) is 0.508. The van der Waals surface area contributed by atoms with Gasteiger partial charge >= 0.3 is 0 Å². The van der Waals surface area contributed by atoms with Crippen LogP contribution in [0, 0.1) is 5.92 Å². The highest BCUT2D eigenvalue weighted by Gasteiger charge is 2.21. The van der Waals surface area contributed by atoms with E-state index in [1.165, 1.54) is 4.88 Å². The van der Waals surface area contributed by atoms with Gasteiger partial charge in [-0.3, -0.25) is 10.1 Å². The van der Waals surface area contributed by atoms with Gasteiger partial charge in [-0.25, -0.2) is 9.97 Å². The number of fused-ring (bicyclic) bond motifs is 2. The van der Waals surface area contributed by atoms with Gasteiger partial charge in [0.25, 0.3) is 5.91 Å². The molecule has 0 fully saturated rings. The molecule has 4 aromatic rings. The minimum absolute atomic E-state index is 0.209. The molecule has 0 saturated heterocycles. The van der Waals surface area contributed by atoms with Crippen LogP contribution in [0.15, 0.2) is 54.9 Å². The van der Waals surface area contributed by atoms with E-state index in [0.717, 1.165) is 36.3 Å². The van der Waals surface area contributed by atoms with Gasteiger partial charge < -0.3 is 9.14 Å². The van der Waals surface area contributed by atoms with Gasteiger partial charge in [-0.2, -0.15) is 0 Å². The van der Waals surface area contributed by atoms with Crippen LogP contribution in [0.5, 0.6) is 5.75 Å². The first-order valence-corrected chi connectivity index (χ1v) is 10.9. The molecule has 5 rings (SSSR count). The van der Waals surface area contributed by atoms with Crippen molar-refractivity contribution in [2.45, 2.75) is 32.8 Å². The van der Waals surface area contributed by atoms with Gasteiger partial charge in [0.1, 0.15) is 18.0 Å². The second-order valence-electron chi connectivity index (χ2n) is 7.67. The molecule has 1 aliphatic carbocycles. The number of nitrogens with one attached hydrogen (secondary N) is 1. The van der Waals surface area contributed by atoms with Crippen LogP contribution in [-0.2, 0) is 19.4 Å². The topological polar surface area (TPSA) is 68.5 Å². The third-order valence-electron chi connectivity index (χ3n) is 5.33. The summed E-state index contributed by atoms with van der Waals surface area (Å²) in [5, 5.41) is 3.62. The van der Waals surface area contributed by atoms with Gasteiger partial charge in [0.05, 0.1) is 17.0 Å². The molecule has 1 N–H and O–H groups in total. The summed E-state index contributed by atoms with van der Waals surface area (Å²) in [6.45, 7) is 2.55. The lowest BCUT2D eigenvalue weighted by molar-refractivity contribution is 0.102. The first-order chi connectivity index (χ1) is 14.7. The van der Waals surface area contributed by atoms with Crippen molar-refractivity contribution in [1.29, 1.82) is 0 Å². The van der Waals surface area contributed by atoms with Crippen molar-refractivity contribution >= 4 is 28.0 Å². The maximum Gasteiger partial charge on any atom is 0.261 e. The van der Waals surface area contributed by atoms with E-state index in [0.29, 0.717) is 22.4 Å². The Morgan fingerprint density at radius 3 is 3.00 bits per heavy atom. The van der Waals surface area contributed by atoms with Crippen LogP contribution in [0.25, 0.3) is 5.65 Å². The lowest BCUT2D eigenvalue weighted by atomic mass is 9.93. The molecule has 1 amide bonds. The van der Waals surface area contributed by atoms with Crippen LogP contribution in [0.3, 0.4) is 0 Å². The fraction of sp³-hybridized carbons (Fsp3) is 0.261. The predicted molar refractivity (Wildman–Crippen MR) is 117 cm³/mol. The van der Waals surface area contributed by atoms with Crippen molar-refractivity contribution in [3.8, 4) is 5.75 Å². The zero-order valence-electron chi connectivity index (χ0n) is 16.7. The van der Waals surface area contributed by atoms with Gasteiger partial charge in [-0.05, 0) is 49.4 Å². The van der Waals surface area contributed by atoms with Crippen molar-refractivity contribution < 1.29 is 9.53 Å². The molecule has 0 saturated carbocycles. The predicted octanol–water partition coefficient (Wildman–Crippen LogP) is 4.75. The molecular formula is C23H22N4O2S. The van der Waals surface area contributed by atoms with Crippen molar-refractivity contribution in [1.82, 2.24) is 14.4 Å². The molecule has 1 aliphatic rings. The Bertz CT molecular complexity index is 1180. The van der Waals surface area contributed by atoms with Crippen LogP contribution in [-0.4, -0.2) is 20.3 Å². The highest BCUT2D eigenvalue weighted by atomic mass is 32.1. The molecule has 3 heterocycles. The van der Waals surface area contributed by atoms with Crippen LogP contribution < -0.4 is 10.1 Å². The molecule has 1 atom stereocenters. The van der Waals surface area contributed by atoms with E-state index in [1.807, 2.05) is 47.1 Å². The maximum atomic E-state index is 12.9. The summed E-state index contributed by atoms with van der Waals surface area (Å²) in [6.07, 6.45) is 7.06. The van der Waals surface area contributed by atoms with Gasteiger partial charge in [0.2, 0.25) is 0 Å². The number of carbonyl (C=O) groups excluding carboxylic acids is 1. The summed E-state index contributed by atoms with van der Waals surface area (Å²) < 4.78 is 7.90. The summed E-state index contributed by atoms with van der Waals surface area (Å²) in [4.78, 5) is 23.4. The lowest BCUT2D eigenvalue weighted by Crippen LogP contribution is -2.13. The third-order valence-corrected chi connectivity index (χ3v) is 6.36. The summed E-state index contributed by atoms with van der Waals surface area (Å²) in [5.41, 5.74) is 3.29. The monoisotopic (exact) mass is 418 g/mol. The molecule has 0 radical (unpaired) electrons. The second-order valence-corrected chi connectivity index (χ2v) is 8.76. The minimum Gasteiger partial charge on any atom is -0.486 e. The molecule has 0 aliphatic heterocycles. The lowest BCUT2D eigenvalue weighted by Gasteiger charge is -2.15. The van der Waals surface area contributed by atoms with Crippen LogP contribution in [0.4, 0.5) is 5.13 Å². The van der Waals surface area contributed by atoms with Crippen LogP contribution >= 0.6 is 11.3 Å². The number of imidazole rings is 1. The highest BCUT2D eigenvalue weighted by Crippen LogP contribution is 2.32. The largest absolute Gasteiger partial charge is 0.486 e. The number of hydrogen-bond donors (Lipinski definition) is 1. The number of para-hydroxylation sites is 1. The molecule has 0 spiro atoms. The van der Waals surface area contributed by atoms with E-state index < -0.39 is 0 Å². The number of carbonyl (C=O) groups is 1. The Balaban J connectivity index is 1.31. The minimum atomic E-state index is -0.209. The molecule has 0 unspecified atom stereocenters. The van der Waals surface area contributed by atoms with Crippen LogP contribution in [0.1, 0.15) is 40.0 Å². The smallest absolute Gasteiger partial charge is 0.261 e. The Morgan fingerprint density at radius 1 is 1.23 bits per heavy atom. The van der Waals surface area contributed by atoms with Crippen LogP contribution in [0.2, 0.25) is 0 Å². The normalized spacial score (nSPS) is 15.7. The summed E-state index contributed by atoms with van der Waals surface area (Å²) in [7, 11) is 0. The molecule has 0 bridgehead atoms. The molecule has 3 aromatic heterocycles. The second kappa shape index (κ2) is 7.91. The van der Waals surface area contributed by atoms with Gasteiger partial charge in [-0.15, -0.1) is 11.3 Å². The molecule has 1 aromatic carbocycles. The van der Waals surface area contributed by atoms with E-state index in [2.05, 4.69) is 22.2 Å². The van der Waals surface area contributed by atoms with E-state index in [-0.39, 0.29) is 12.5 Å². The van der Waals surface area contributed by atoms with Crippen molar-refractivity contribution in [2.24, 2.45) is 5.92 Å². The number of rotatable bonds is 5. The Hall–Kier alpha value is -3.19. The fourth-order valence-electron chi connectivity index (χ4n) is 3.75.